The first-order valence-electron chi connectivity index (χ1n) is 9.39. The molecule has 11 heteroatoms. The van der Waals surface area contributed by atoms with Gasteiger partial charge in [0, 0.05) is 24.3 Å². The highest BCUT2D eigenvalue weighted by atomic mass is 16.6. The third kappa shape index (κ3) is 12.8. The van der Waals surface area contributed by atoms with E-state index in [1.807, 2.05) is 0 Å². The highest BCUT2D eigenvalue weighted by Crippen LogP contribution is 1.98. The van der Waals surface area contributed by atoms with Gasteiger partial charge in [0.05, 0.1) is 18.1 Å². The minimum Gasteiger partial charge on any atom is -0.461 e. The number of esters is 4. The summed E-state index contributed by atoms with van der Waals surface area (Å²) in [7, 11) is 0. The fourth-order valence-corrected chi connectivity index (χ4v) is 2.00. The molecule has 1 amide bonds. The molecule has 1 unspecified atom stereocenters. The molecule has 0 aromatic carbocycles. The summed E-state index contributed by atoms with van der Waals surface area (Å²) < 4.78 is 19.7. The van der Waals surface area contributed by atoms with Gasteiger partial charge in [-0.3, -0.25) is 10.1 Å². The summed E-state index contributed by atoms with van der Waals surface area (Å²) in [5, 5.41) is 5.41. The van der Waals surface area contributed by atoms with Crippen LogP contribution in [-0.2, 0) is 42.9 Å². The third-order valence-electron chi connectivity index (χ3n) is 3.60. The molecule has 0 fully saturated rings. The van der Waals surface area contributed by atoms with Crippen molar-refractivity contribution in [1.82, 2.24) is 10.6 Å². The Morgan fingerprint density at radius 3 is 1.28 bits per heavy atom. The van der Waals surface area contributed by atoms with Gasteiger partial charge in [0.25, 0.3) is 0 Å². The van der Waals surface area contributed by atoms with Gasteiger partial charge in [-0.1, -0.05) is 26.3 Å². The Labute approximate surface area is 186 Å². The van der Waals surface area contributed by atoms with Gasteiger partial charge >= 0.3 is 23.9 Å². The number of hydrogen-bond donors (Lipinski definition) is 2. The second kappa shape index (κ2) is 16.0. The van der Waals surface area contributed by atoms with Gasteiger partial charge in [-0.2, -0.15) is 0 Å². The molecule has 0 aromatic heterocycles. The van der Waals surface area contributed by atoms with Crippen molar-refractivity contribution in [1.29, 1.82) is 0 Å². The topological polar surface area (TPSA) is 146 Å². The lowest BCUT2D eigenvalue weighted by Crippen LogP contribution is -2.53. The highest BCUT2D eigenvalue weighted by molar-refractivity contribution is 5.83. The quantitative estimate of drug-likeness (QED) is 0.182. The van der Waals surface area contributed by atoms with Crippen LogP contribution < -0.4 is 10.6 Å². The summed E-state index contributed by atoms with van der Waals surface area (Å²) in [6.45, 7) is 13.6. The molecule has 0 spiro atoms. The van der Waals surface area contributed by atoms with Crippen molar-refractivity contribution >= 4 is 29.8 Å². The molecule has 1 atom stereocenters. The number of ether oxygens (including phenoxy) is 4. The number of carbonyl (C=O) groups excluding carboxylic acids is 5. The van der Waals surface area contributed by atoms with Crippen LogP contribution in [0.4, 0.5) is 0 Å². The van der Waals surface area contributed by atoms with Crippen molar-refractivity contribution in [3.63, 3.8) is 0 Å². The molecule has 0 aliphatic rings. The lowest BCUT2D eigenvalue weighted by Gasteiger charge is -2.24. The Kier molecular flexibility index (Phi) is 14.2. The zero-order valence-electron chi connectivity index (χ0n) is 17.9. The van der Waals surface area contributed by atoms with E-state index in [0.29, 0.717) is 0 Å². The highest BCUT2D eigenvalue weighted by Gasteiger charge is 2.23. The van der Waals surface area contributed by atoms with Crippen LogP contribution >= 0.6 is 0 Å². The maximum atomic E-state index is 12.6. The van der Waals surface area contributed by atoms with Crippen LogP contribution in [0.3, 0.4) is 0 Å². The normalized spacial score (nSPS) is 11.0. The second-order valence-corrected chi connectivity index (χ2v) is 6.13. The maximum Gasteiger partial charge on any atom is 0.330 e. The van der Waals surface area contributed by atoms with E-state index in [2.05, 4.69) is 36.9 Å². The first-order valence-corrected chi connectivity index (χ1v) is 9.39. The zero-order chi connectivity index (χ0) is 24.5. The van der Waals surface area contributed by atoms with E-state index in [-0.39, 0.29) is 26.4 Å². The van der Waals surface area contributed by atoms with Crippen molar-refractivity contribution in [2.45, 2.75) is 25.0 Å². The van der Waals surface area contributed by atoms with E-state index in [0.717, 1.165) is 24.3 Å². The minimum atomic E-state index is -0.877. The lowest BCUT2D eigenvalue weighted by atomic mass is 10.2. The average molecular weight is 452 g/mol. The van der Waals surface area contributed by atoms with Gasteiger partial charge in [-0.15, -0.1) is 0 Å². The largest absolute Gasteiger partial charge is 0.461 e. The average Bonchev–Trinajstić information content (AvgIpc) is 2.80. The van der Waals surface area contributed by atoms with Gasteiger partial charge in [0.1, 0.15) is 26.4 Å². The maximum absolute atomic E-state index is 12.6. The third-order valence-corrected chi connectivity index (χ3v) is 3.60. The summed E-state index contributed by atoms with van der Waals surface area (Å²) in [5.41, 5.74) is 0. The number of hydrogen-bond acceptors (Lipinski definition) is 10. The molecule has 176 valence electrons. The van der Waals surface area contributed by atoms with Gasteiger partial charge in [0.15, 0.2) is 0 Å². The van der Waals surface area contributed by atoms with E-state index in [1.54, 1.807) is 0 Å². The van der Waals surface area contributed by atoms with Crippen molar-refractivity contribution in [2.75, 3.05) is 26.4 Å². The van der Waals surface area contributed by atoms with Crippen LogP contribution in [0.5, 0.6) is 0 Å². The molecule has 11 nitrogen and oxygen atoms in total. The molecular weight excluding hydrogens is 424 g/mol. The van der Waals surface area contributed by atoms with Crippen LogP contribution in [-0.4, -0.2) is 74.3 Å². The predicted molar refractivity (Wildman–Crippen MR) is 113 cm³/mol. The summed E-state index contributed by atoms with van der Waals surface area (Å²) >= 11 is 0. The zero-order valence-corrected chi connectivity index (χ0v) is 17.9. The van der Waals surface area contributed by atoms with E-state index >= 15 is 0 Å². The van der Waals surface area contributed by atoms with Gasteiger partial charge in [0.2, 0.25) is 5.91 Å². The van der Waals surface area contributed by atoms with E-state index < -0.39 is 47.9 Å². The number of amides is 1. The predicted octanol–water partition coefficient (Wildman–Crippen LogP) is -0.265. The van der Waals surface area contributed by atoms with Crippen LogP contribution in [0.25, 0.3) is 0 Å². The first kappa shape index (κ1) is 28.3. The van der Waals surface area contributed by atoms with E-state index in [4.69, 9.17) is 18.9 Å². The van der Waals surface area contributed by atoms with Gasteiger partial charge in [-0.05, 0) is 6.92 Å². The fourth-order valence-electron chi connectivity index (χ4n) is 2.00. The Morgan fingerprint density at radius 2 is 0.969 bits per heavy atom. The van der Waals surface area contributed by atoms with Crippen molar-refractivity contribution in [3.05, 3.63) is 50.6 Å². The lowest BCUT2D eigenvalue weighted by molar-refractivity contribution is -0.144. The van der Waals surface area contributed by atoms with Crippen LogP contribution in [0, 0.1) is 0 Å². The van der Waals surface area contributed by atoms with Crippen molar-refractivity contribution in [2.24, 2.45) is 0 Å². The number of nitrogens with one attached hydrogen (secondary N) is 2. The number of rotatable bonds is 16. The molecule has 0 aromatic rings. The van der Waals surface area contributed by atoms with E-state index in [9.17, 15) is 24.0 Å². The molecule has 0 saturated carbocycles. The standard InChI is InChI=1S/C21H28N2O9/c1-6-17(24)29-10-15(11-30-18(25)7-2)22-14(5)21(28)23-16(12-31-19(26)8-3)13-32-20(27)9-4/h6-9,14-16,22H,1-4,10-13H2,5H3,(H,23,28). The monoisotopic (exact) mass is 452 g/mol. The summed E-state index contributed by atoms with van der Waals surface area (Å²) in [4.78, 5) is 57.8. The molecule has 32 heavy (non-hydrogen) atoms. The van der Waals surface area contributed by atoms with Crippen LogP contribution in [0.2, 0.25) is 0 Å². The molecule has 0 aliphatic heterocycles. The molecule has 0 heterocycles. The Hall–Kier alpha value is -3.73. The fraction of sp³-hybridized carbons (Fsp3) is 0.381. The summed E-state index contributed by atoms with van der Waals surface area (Å²) in [6.07, 6.45) is 3.81. The molecule has 0 aliphatic carbocycles. The van der Waals surface area contributed by atoms with Crippen molar-refractivity contribution < 1.29 is 42.9 Å². The van der Waals surface area contributed by atoms with Crippen molar-refractivity contribution in [3.8, 4) is 0 Å². The molecule has 0 saturated heterocycles. The van der Waals surface area contributed by atoms with E-state index in [1.165, 1.54) is 6.92 Å². The molecule has 0 rings (SSSR count). The van der Waals surface area contributed by atoms with Gasteiger partial charge in [-0.25, -0.2) is 19.2 Å². The Morgan fingerprint density at radius 1 is 0.656 bits per heavy atom. The van der Waals surface area contributed by atoms with Crippen LogP contribution in [0.15, 0.2) is 50.6 Å². The molecule has 2 N–H and O–H groups in total. The Bertz CT molecular complexity index is 685. The SMILES string of the molecule is C=CC(=O)OCC(COC(=O)C=C)NC(=O)C(C)NC(COC(=O)C=C)COC(=O)C=C. The second-order valence-electron chi connectivity index (χ2n) is 6.13. The first-order chi connectivity index (χ1) is 15.2. The smallest absolute Gasteiger partial charge is 0.330 e. The molecule has 0 bridgehead atoms. The number of carbonyl (C=O) groups is 5. The molecular formula is C21H28N2O9. The Balaban J connectivity index is 5.05. The summed E-state index contributed by atoms with van der Waals surface area (Å²) in [5.74, 6) is -3.40. The summed E-state index contributed by atoms with van der Waals surface area (Å²) in [6, 6.07) is -2.48. The van der Waals surface area contributed by atoms with Gasteiger partial charge < -0.3 is 24.3 Å². The van der Waals surface area contributed by atoms with Crippen LogP contribution in [0.1, 0.15) is 6.92 Å². The molecule has 0 radical (unpaired) electrons. The minimum absolute atomic E-state index is 0.218.